The van der Waals surface area contributed by atoms with E-state index in [4.69, 9.17) is 0 Å². The summed E-state index contributed by atoms with van der Waals surface area (Å²) in [7, 11) is 1.96. The summed E-state index contributed by atoms with van der Waals surface area (Å²) in [6.07, 6.45) is 0. The van der Waals surface area contributed by atoms with Crippen molar-refractivity contribution < 1.29 is 14.3 Å². The number of urea groups is 1. The van der Waals surface area contributed by atoms with Gasteiger partial charge in [0, 0.05) is 30.2 Å². The molecule has 0 spiro atoms. The summed E-state index contributed by atoms with van der Waals surface area (Å²) in [5.74, 6) is -0.246. The van der Waals surface area contributed by atoms with Crippen LogP contribution in [0.3, 0.4) is 0 Å². The molecule has 4 rings (SSSR count). The Kier molecular flexibility index (Phi) is 3.94. The number of nitrogens with one attached hydrogen (secondary N) is 1. The lowest BCUT2D eigenvalue weighted by molar-refractivity contribution is -0.0202. The third-order valence-corrected chi connectivity index (χ3v) is 5.38. The maximum Gasteiger partial charge on any atom is 0.326 e. The van der Waals surface area contributed by atoms with Gasteiger partial charge in [0.2, 0.25) is 0 Å². The van der Waals surface area contributed by atoms with Crippen LogP contribution >= 0.6 is 0 Å². The molecule has 0 aliphatic carbocycles. The molecule has 0 saturated carbocycles. The molecule has 2 N–H and O–H groups in total. The van der Waals surface area contributed by atoms with Gasteiger partial charge in [-0.15, -0.1) is 0 Å². The highest BCUT2D eigenvalue weighted by atomic mass is 19.1. The summed E-state index contributed by atoms with van der Waals surface area (Å²) < 4.78 is 13.9. The average Bonchev–Trinajstić information content (AvgIpc) is 2.63. The first kappa shape index (κ1) is 16.1. The number of likely N-dealkylation sites (tertiary alicyclic amines) is 1. The summed E-state index contributed by atoms with van der Waals surface area (Å²) in [6, 6.07) is 13.8. The van der Waals surface area contributed by atoms with E-state index in [1.165, 1.54) is 6.07 Å². The zero-order valence-corrected chi connectivity index (χ0v) is 13.9. The van der Waals surface area contributed by atoms with Crippen molar-refractivity contribution in [2.24, 2.45) is 0 Å². The molecule has 0 unspecified atom stereocenters. The number of fused-ring (bicyclic) bond motifs is 3. The number of rotatable bonds is 2. The fourth-order valence-electron chi connectivity index (χ4n) is 4.04. The zero-order valence-electron chi connectivity index (χ0n) is 13.9. The quantitative estimate of drug-likeness (QED) is 0.883. The number of amides is 2. The van der Waals surface area contributed by atoms with E-state index in [2.05, 4.69) is 10.2 Å². The number of para-hydroxylation sites is 2. The highest BCUT2D eigenvalue weighted by Crippen LogP contribution is 2.47. The van der Waals surface area contributed by atoms with E-state index >= 15 is 0 Å². The molecule has 2 aliphatic heterocycles. The molecule has 6 heteroatoms. The predicted molar refractivity (Wildman–Crippen MR) is 94.4 cm³/mol. The molecular weight excluding hydrogens is 321 g/mol. The lowest BCUT2D eigenvalue weighted by Crippen LogP contribution is -2.68. The maximum absolute atomic E-state index is 13.9. The molecule has 2 aromatic rings. The molecule has 0 radical (unpaired) electrons. The van der Waals surface area contributed by atoms with Crippen LogP contribution < -0.4 is 10.2 Å². The van der Waals surface area contributed by atoms with Gasteiger partial charge in [-0.25, -0.2) is 9.18 Å². The number of halogens is 1. The van der Waals surface area contributed by atoms with E-state index in [0.717, 1.165) is 11.3 Å². The molecule has 5 nitrogen and oxygen atoms in total. The van der Waals surface area contributed by atoms with Gasteiger partial charge in [-0.1, -0.05) is 30.3 Å². The smallest absolute Gasteiger partial charge is 0.326 e. The largest absolute Gasteiger partial charge is 0.395 e. The van der Waals surface area contributed by atoms with Crippen LogP contribution in [0.4, 0.5) is 20.6 Å². The normalized spacial score (nSPS) is 24.9. The van der Waals surface area contributed by atoms with Gasteiger partial charge in [-0.05, 0) is 30.8 Å². The van der Waals surface area contributed by atoms with Gasteiger partial charge in [0.1, 0.15) is 5.82 Å². The minimum Gasteiger partial charge on any atom is -0.395 e. The van der Waals surface area contributed by atoms with Crippen molar-refractivity contribution in [1.29, 1.82) is 0 Å². The molecule has 2 aromatic carbocycles. The molecule has 130 valence electrons. The van der Waals surface area contributed by atoms with Crippen molar-refractivity contribution >= 4 is 17.4 Å². The van der Waals surface area contributed by atoms with Gasteiger partial charge in [0.25, 0.3) is 0 Å². The minimum absolute atomic E-state index is 0.0722. The molecule has 2 heterocycles. The Morgan fingerprint density at radius 2 is 1.96 bits per heavy atom. The van der Waals surface area contributed by atoms with Gasteiger partial charge < -0.3 is 10.4 Å². The van der Waals surface area contributed by atoms with Crippen molar-refractivity contribution in [3.05, 3.63) is 59.9 Å². The van der Waals surface area contributed by atoms with Crippen LogP contribution in [0.25, 0.3) is 0 Å². The summed E-state index contributed by atoms with van der Waals surface area (Å²) in [5, 5.41) is 12.3. The molecule has 1 fully saturated rings. The van der Waals surface area contributed by atoms with Crippen LogP contribution in [0.5, 0.6) is 0 Å². The molecule has 2 aliphatic rings. The van der Waals surface area contributed by atoms with Gasteiger partial charge in [-0.2, -0.15) is 0 Å². The SMILES string of the molecule is CN1[C@H](CO)[C@@H]2c3ccccc3N(C(=O)Nc3ccccc3F)C[C@@H]21. The van der Waals surface area contributed by atoms with Gasteiger partial charge in [0.15, 0.2) is 0 Å². The average molecular weight is 341 g/mol. The van der Waals surface area contributed by atoms with Crippen molar-refractivity contribution in [2.45, 2.75) is 18.0 Å². The van der Waals surface area contributed by atoms with E-state index in [1.54, 1.807) is 23.1 Å². The first-order chi connectivity index (χ1) is 12.1. The molecule has 0 bridgehead atoms. The number of likely N-dealkylation sites (N-methyl/N-ethyl adjacent to an activating group) is 1. The Morgan fingerprint density at radius 1 is 1.24 bits per heavy atom. The number of anilines is 2. The zero-order chi connectivity index (χ0) is 17.6. The monoisotopic (exact) mass is 341 g/mol. The van der Waals surface area contributed by atoms with E-state index in [0.29, 0.717) is 6.54 Å². The van der Waals surface area contributed by atoms with Crippen LogP contribution in [-0.4, -0.2) is 48.3 Å². The topological polar surface area (TPSA) is 55.8 Å². The lowest BCUT2D eigenvalue weighted by Gasteiger charge is -2.57. The van der Waals surface area contributed by atoms with Crippen LogP contribution in [0.1, 0.15) is 11.5 Å². The fourth-order valence-corrected chi connectivity index (χ4v) is 4.04. The van der Waals surface area contributed by atoms with Crippen LogP contribution in [0, 0.1) is 5.82 Å². The highest BCUT2D eigenvalue weighted by Gasteiger charge is 2.51. The third-order valence-electron chi connectivity index (χ3n) is 5.38. The molecule has 1 saturated heterocycles. The second-order valence-corrected chi connectivity index (χ2v) is 6.59. The second kappa shape index (κ2) is 6.13. The Bertz CT molecular complexity index is 813. The summed E-state index contributed by atoms with van der Waals surface area (Å²) >= 11 is 0. The highest BCUT2D eigenvalue weighted by molar-refractivity contribution is 6.03. The van der Waals surface area contributed by atoms with Crippen LogP contribution in [-0.2, 0) is 0 Å². The third kappa shape index (κ3) is 2.49. The Labute approximate surface area is 145 Å². The van der Waals surface area contributed by atoms with Crippen LogP contribution in [0.2, 0.25) is 0 Å². The van der Waals surface area contributed by atoms with Gasteiger partial charge in [0.05, 0.1) is 12.3 Å². The van der Waals surface area contributed by atoms with E-state index in [-0.39, 0.29) is 36.3 Å². The summed E-state index contributed by atoms with van der Waals surface area (Å²) in [6.45, 7) is 0.600. The van der Waals surface area contributed by atoms with E-state index < -0.39 is 5.82 Å². The fraction of sp³-hybridized carbons (Fsp3) is 0.316. The molecule has 0 aromatic heterocycles. The number of nitrogens with zero attached hydrogens (tertiary/aromatic N) is 2. The van der Waals surface area contributed by atoms with Gasteiger partial charge >= 0.3 is 6.03 Å². The first-order valence-corrected chi connectivity index (χ1v) is 8.36. The molecule has 2 amide bonds. The predicted octanol–water partition coefficient (Wildman–Crippen LogP) is 2.64. The number of carbonyl (C=O) groups excluding carboxylic acids is 1. The lowest BCUT2D eigenvalue weighted by atomic mass is 9.72. The van der Waals surface area contributed by atoms with Crippen molar-refractivity contribution in [1.82, 2.24) is 4.90 Å². The second-order valence-electron chi connectivity index (χ2n) is 6.59. The molecule has 25 heavy (non-hydrogen) atoms. The van der Waals surface area contributed by atoms with E-state index in [1.807, 2.05) is 31.3 Å². The summed E-state index contributed by atoms with van der Waals surface area (Å²) in [4.78, 5) is 16.6. The first-order valence-electron chi connectivity index (χ1n) is 8.36. The van der Waals surface area contributed by atoms with Crippen molar-refractivity contribution in [3.63, 3.8) is 0 Å². The standard InChI is InChI=1S/C19H20FN3O2/c1-22-16-10-23(19(25)21-14-8-4-3-7-13(14)20)15-9-5-2-6-12(15)18(16)17(22)11-24/h2-9,16-18,24H,10-11H2,1H3,(H,21,25)/t16-,17+,18+/m0/s1. The van der Waals surface area contributed by atoms with Crippen molar-refractivity contribution in [2.75, 3.05) is 30.4 Å². The molecule has 3 atom stereocenters. The van der Waals surface area contributed by atoms with E-state index in [9.17, 15) is 14.3 Å². The van der Waals surface area contributed by atoms with Crippen LogP contribution in [0.15, 0.2) is 48.5 Å². The maximum atomic E-state index is 13.9. The Morgan fingerprint density at radius 3 is 2.72 bits per heavy atom. The summed E-state index contributed by atoms with van der Waals surface area (Å²) in [5.41, 5.74) is 2.05. The number of hydrogen-bond acceptors (Lipinski definition) is 3. The minimum atomic E-state index is -0.458. The number of aliphatic hydroxyl groups is 1. The number of benzene rings is 2. The van der Waals surface area contributed by atoms with Crippen molar-refractivity contribution in [3.8, 4) is 0 Å². The number of aliphatic hydroxyl groups excluding tert-OH is 1. The molecular formula is C19H20FN3O2. The van der Waals surface area contributed by atoms with Gasteiger partial charge in [-0.3, -0.25) is 9.80 Å². The Hall–Kier alpha value is -2.44. The Balaban J connectivity index is 1.65. The number of carbonyl (C=O) groups is 1. The number of hydrogen-bond donors (Lipinski definition) is 2.